The van der Waals surface area contributed by atoms with Crippen LogP contribution in [0.3, 0.4) is 0 Å². The molecule has 11 nitrogen and oxygen atoms in total. The highest BCUT2D eigenvalue weighted by Crippen LogP contribution is 2.47. The number of hydrogen-bond acceptors (Lipinski definition) is 6. The molecule has 2 aromatic carbocycles. The summed E-state index contributed by atoms with van der Waals surface area (Å²) in [6.07, 6.45) is -4.58. The second kappa shape index (κ2) is 9.89. The lowest BCUT2D eigenvalue weighted by Gasteiger charge is -2.23. The number of fused-ring (bicyclic) bond motifs is 1. The van der Waals surface area contributed by atoms with Crippen LogP contribution in [0.15, 0.2) is 45.8 Å². The van der Waals surface area contributed by atoms with E-state index in [0.717, 1.165) is 10.4 Å². The van der Waals surface area contributed by atoms with Gasteiger partial charge in [-0.2, -0.15) is 18.3 Å². The SMILES string of the molecule is [C-]#[N+]C1(N(Cc2ccc(OC)cc2)S(=O)(=O)c2cc(Br)c3n[nH]c(C(=O)NNC(=O)C(F)(F)F)c3c2)CC1. The van der Waals surface area contributed by atoms with Gasteiger partial charge in [-0.15, -0.1) is 4.31 Å². The molecule has 4 rings (SSSR count). The highest BCUT2D eigenvalue weighted by Gasteiger charge is 2.61. The van der Waals surface area contributed by atoms with Crippen molar-refractivity contribution in [3.05, 3.63) is 63.5 Å². The smallest absolute Gasteiger partial charge is 0.472 e. The van der Waals surface area contributed by atoms with Crippen molar-refractivity contribution in [1.82, 2.24) is 25.4 Å². The lowest BCUT2D eigenvalue weighted by Crippen LogP contribution is -2.47. The van der Waals surface area contributed by atoms with Crippen molar-refractivity contribution in [3.63, 3.8) is 0 Å². The van der Waals surface area contributed by atoms with E-state index in [1.54, 1.807) is 29.7 Å². The summed E-state index contributed by atoms with van der Waals surface area (Å²) >= 11 is 3.22. The lowest BCUT2D eigenvalue weighted by atomic mass is 10.2. The normalized spacial score (nSPS) is 14.7. The second-order valence-corrected chi connectivity index (χ2v) is 11.0. The largest absolute Gasteiger partial charge is 0.497 e. The predicted octanol–water partition coefficient (Wildman–Crippen LogP) is 3.26. The molecular weight excluding hydrogens is 597 g/mol. The molecular formula is C22H18BrF3N6O5S. The van der Waals surface area contributed by atoms with Gasteiger partial charge < -0.3 is 4.74 Å². The standard InChI is InChI=1S/C22H18BrF3N6O5S/c1-27-21(7-8-21)32(11-12-3-5-13(37-2)6-4-12)38(35,36)14-9-15-17(16(23)10-14)28-29-18(15)19(33)30-31-20(34)22(24,25)26/h3-6,9-10H,7-8,11H2,2H3,(H,28,29)(H,30,33)(H,31,34). The Bertz CT molecular complexity index is 1560. The average Bonchev–Trinajstić information content (AvgIpc) is 3.55. The molecule has 200 valence electrons. The van der Waals surface area contributed by atoms with Crippen LogP contribution in [-0.2, 0) is 21.4 Å². The number of hydrazine groups is 1. The number of carbonyl (C=O) groups excluding carboxylic acids is 2. The number of aromatic nitrogens is 2. The number of rotatable bonds is 7. The fourth-order valence-electron chi connectivity index (χ4n) is 3.63. The van der Waals surface area contributed by atoms with Gasteiger partial charge in [0.05, 0.1) is 24.8 Å². The molecule has 1 aliphatic rings. The summed E-state index contributed by atoms with van der Waals surface area (Å²) in [6.45, 7) is 7.52. The van der Waals surface area contributed by atoms with Crippen molar-refractivity contribution >= 4 is 48.7 Å². The fraction of sp³-hybridized carbons (Fsp3) is 0.273. The van der Waals surface area contributed by atoms with Gasteiger partial charge in [0.25, 0.3) is 5.91 Å². The first-order valence-corrected chi connectivity index (χ1v) is 13.0. The monoisotopic (exact) mass is 614 g/mol. The topological polar surface area (TPSA) is 138 Å². The Kier molecular flexibility index (Phi) is 7.12. The molecule has 0 atom stereocenters. The van der Waals surface area contributed by atoms with E-state index in [-0.39, 0.29) is 26.8 Å². The van der Waals surface area contributed by atoms with E-state index in [0.29, 0.717) is 24.2 Å². The van der Waals surface area contributed by atoms with Gasteiger partial charge in [-0.3, -0.25) is 30.4 Å². The summed E-state index contributed by atoms with van der Waals surface area (Å²) in [5.41, 5.74) is 1.89. The maximum atomic E-state index is 13.9. The van der Waals surface area contributed by atoms with Crippen LogP contribution in [0.2, 0.25) is 0 Å². The van der Waals surface area contributed by atoms with Gasteiger partial charge in [0.1, 0.15) is 17.0 Å². The molecule has 16 heteroatoms. The molecule has 0 aliphatic heterocycles. The number of aromatic amines is 1. The minimum absolute atomic E-state index is 0.0474. The average molecular weight is 615 g/mol. The minimum Gasteiger partial charge on any atom is -0.497 e. The molecule has 1 saturated carbocycles. The minimum atomic E-state index is -5.23. The van der Waals surface area contributed by atoms with Gasteiger partial charge in [-0.1, -0.05) is 12.1 Å². The highest BCUT2D eigenvalue weighted by atomic mass is 79.9. The lowest BCUT2D eigenvalue weighted by molar-refractivity contribution is -0.174. The molecule has 0 spiro atoms. The van der Waals surface area contributed by atoms with Crippen LogP contribution < -0.4 is 15.6 Å². The maximum Gasteiger partial charge on any atom is 0.472 e. The molecule has 3 N–H and O–H groups in total. The summed E-state index contributed by atoms with van der Waals surface area (Å²) in [4.78, 5) is 26.8. The number of nitrogens with zero attached hydrogens (tertiary/aromatic N) is 3. The van der Waals surface area contributed by atoms with Gasteiger partial charge in [-0.25, -0.2) is 15.0 Å². The molecule has 3 aromatic rings. The molecule has 1 aliphatic carbocycles. The van der Waals surface area contributed by atoms with Crippen molar-refractivity contribution < 1.29 is 35.9 Å². The number of methoxy groups -OCH3 is 1. The Balaban J connectivity index is 1.71. The van der Waals surface area contributed by atoms with E-state index in [4.69, 9.17) is 11.3 Å². The second-order valence-electron chi connectivity index (χ2n) is 8.26. The number of amides is 2. The first kappa shape index (κ1) is 27.4. The molecule has 1 aromatic heterocycles. The van der Waals surface area contributed by atoms with Crippen molar-refractivity contribution in [1.29, 1.82) is 0 Å². The quantitative estimate of drug-likeness (QED) is 0.276. The number of carbonyl (C=O) groups is 2. The number of benzene rings is 2. The van der Waals surface area contributed by atoms with Gasteiger partial charge in [0.15, 0.2) is 0 Å². The zero-order valence-corrected chi connectivity index (χ0v) is 21.8. The molecule has 0 bridgehead atoms. The molecule has 2 amide bonds. The van der Waals surface area contributed by atoms with E-state index >= 15 is 0 Å². The van der Waals surface area contributed by atoms with Crippen molar-refractivity contribution in [3.8, 4) is 5.75 Å². The van der Waals surface area contributed by atoms with E-state index in [9.17, 15) is 31.2 Å². The number of halogens is 4. The van der Waals surface area contributed by atoms with Gasteiger partial charge >= 0.3 is 17.7 Å². The maximum absolute atomic E-state index is 13.9. The van der Waals surface area contributed by atoms with Crippen LogP contribution in [-0.4, -0.2) is 53.7 Å². The number of hydrogen-bond donors (Lipinski definition) is 3. The Morgan fingerprint density at radius 3 is 2.45 bits per heavy atom. The number of ether oxygens (including phenoxy) is 1. The summed E-state index contributed by atoms with van der Waals surface area (Å²) in [6, 6.07) is 9.05. The molecule has 1 fully saturated rings. The first-order chi connectivity index (χ1) is 17.8. The van der Waals surface area contributed by atoms with Gasteiger partial charge in [0, 0.05) is 16.4 Å². The molecule has 0 unspecified atom stereocenters. The molecule has 0 saturated heterocycles. The third-order valence-electron chi connectivity index (χ3n) is 5.80. The van der Waals surface area contributed by atoms with Gasteiger partial charge in [0.2, 0.25) is 10.0 Å². The zero-order chi connectivity index (χ0) is 27.9. The number of nitrogens with one attached hydrogen (secondary N) is 3. The zero-order valence-electron chi connectivity index (χ0n) is 19.4. The highest BCUT2D eigenvalue weighted by molar-refractivity contribution is 9.10. The molecule has 1 heterocycles. The van der Waals surface area contributed by atoms with E-state index in [1.807, 2.05) is 0 Å². The van der Waals surface area contributed by atoms with Crippen LogP contribution in [0.4, 0.5) is 13.2 Å². The summed E-state index contributed by atoms with van der Waals surface area (Å²) < 4.78 is 71.4. The van der Waals surface area contributed by atoms with E-state index < -0.39 is 39.4 Å². The van der Waals surface area contributed by atoms with Crippen molar-refractivity contribution in [2.45, 2.75) is 36.1 Å². The third kappa shape index (κ3) is 5.17. The number of alkyl halides is 3. The molecule has 0 radical (unpaired) electrons. The molecule has 38 heavy (non-hydrogen) atoms. The van der Waals surface area contributed by atoms with Crippen LogP contribution in [0, 0.1) is 6.57 Å². The van der Waals surface area contributed by atoms with Crippen molar-refractivity contribution in [2.75, 3.05) is 7.11 Å². The van der Waals surface area contributed by atoms with Crippen LogP contribution in [0.1, 0.15) is 28.9 Å². The Morgan fingerprint density at radius 2 is 1.89 bits per heavy atom. The van der Waals surface area contributed by atoms with Gasteiger partial charge in [-0.05, 0) is 45.8 Å². The van der Waals surface area contributed by atoms with Crippen LogP contribution in [0.5, 0.6) is 5.75 Å². The first-order valence-electron chi connectivity index (χ1n) is 10.7. The Morgan fingerprint density at radius 1 is 1.24 bits per heavy atom. The number of H-pyrrole nitrogens is 1. The third-order valence-corrected chi connectivity index (χ3v) is 8.29. The number of sulfonamides is 1. The Hall–Kier alpha value is -3.68. The van der Waals surface area contributed by atoms with E-state index in [2.05, 4.69) is 31.0 Å². The van der Waals surface area contributed by atoms with Crippen molar-refractivity contribution in [2.24, 2.45) is 0 Å². The van der Waals surface area contributed by atoms with Crippen LogP contribution >= 0.6 is 15.9 Å². The van der Waals surface area contributed by atoms with Crippen LogP contribution in [0.25, 0.3) is 15.7 Å². The Labute approximate surface area is 222 Å². The fourth-order valence-corrected chi connectivity index (χ4v) is 6.11. The predicted molar refractivity (Wildman–Crippen MR) is 130 cm³/mol. The summed E-state index contributed by atoms with van der Waals surface area (Å²) in [7, 11) is -2.84. The van der Waals surface area contributed by atoms with E-state index in [1.165, 1.54) is 18.6 Å². The summed E-state index contributed by atoms with van der Waals surface area (Å²) in [5, 5.41) is 6.20. The summed E-state index contributed by atoms with van der Waals surface area (Å²) in [5.74, 6) is -3.02.